The third-order valence-corrected chi connectivity index (χ3v) is 7.18. The van der Waals surface area contributed by atoms with Gasteiger partial charge in [0.15, 0.2) is 10.9 Å². The average Bonchev–Trinajstić information content (AvgIpc) is 3.47. The minimum atomic E-state index is -0.922. The monoisotopic (exact) mass is 478 g/mol. The van der Waals surface area contributed by atoms with E-state index in [4.69, 9.17) is 0 Å². The van der Waals surface area contributed by atoms with Gasteiger partial charge in [0, 0.05) is 17.5 Å². The first kappa shape index (κ1) is 22.2. The Hall–Kier alpha value is -3.65. The molecule has 5 nitrogen and oxygen atoms in total. The fraction of sp³-hybridized carbons (Fsp3) is 0.192. The molecule has 3 aromatic carbocycles. The Bertz CT molecular complexity index is 1400. The number of nitrogens with one attached hydrogen (secondary N) is 1. The van der Waals surface area contributed by atoms with Gasteiger partial charge in [-0.15, -0.1) is 0 Å². The first-order chi connectivity index (χ1) is 16.4. The largest absolute Gasteiger partial charge is 0.481 e. The molecule has 1 heterocycles. The summed E-state index contributed by atoms with van der Waals surface area (Å²) in [6.07, 6.45) is 1.84. The number of halogens is 2. The highest BCUT2D eigenvalue weighted by atomic mass is 32.1. The number of thiazole rings is 1. The van der Waals surface area contributed by atoms with E-state index in [1.807, 2.05) is 0 Å². The summed E-state index contributed by atoms with van der Waals surface area (Å²) in [4.78, 5) is 28.5. The van der Waals surface area contributed by atoms with E-state index in [1.165, 1.54) is 29.5 Å². The van der Waals surface area contributed by atoms with Gasteiger partial charge in [-0.05, 0) is 48.2 Å². The van der Waals surface area contributed by atoms with Crippen LogP contribution in [0.2, 0.25) is 0 Å². The van der Waals surface area contributed by atoms with Crippen LogP contribution in [0.4, 0.5) is 19.6 Å². The molecule has 0 amide bonds. The van der Waals surface area contributed by atoms with Gasteiger partial charge >= 0.3 is 5.97 Å². The summed E-state index contributed by atoms with van der Waals surface area (Å²) in [5, 5.41) is 12.8. The standard InChI is InChI=1S/C26H20F2N2O3S/c27-17-9-11-23-22(13-17)30-26(34-23)29-21-10-8-16(12-20(21)28)14-4-6-15(7-5-14)24(31)18-2-1-3-19(18)25(32)33/h4-13,18-19H,1-3H2,(H,29,30)(H,32,33)/t18?,19-/m1/s1. The number of anilines is 2. The van der Waals surface area contributed by atoms with Crippen molar-refractivity contribution in [3.63, 3.8) is 0 Å². The van der Waals surface area contributed by atoms with E-state index in [1.54, 1.807) is 42.5 Å². The SMILES string of the molecule is O=C(c1ccc(-c2ccc(Nc3nc4cc(F)ccc4s3)c(F)c2)cc1)C1CCC[C@H]1C(=O)O. The van der Waals surface area contributed by atoms with Gasteiger partial charge in [-0.3, -0.25) is 9.59 Å². The number of nitrogens with zero attached hydrogens (tertiary/aromatic N) is 1. The fourth-order valence-electron chi connectivity index (χ4n) is 4.48. The number of fused-ring (bicyclic) bond motifs is 1. The normalized spacial score (nSPS) is 17.7. The zero-order chi connectivity index (χ0) is 23.8. The summed E-state index contributed by atoms with van der Waals surface area (Å²) in [6, 6.07) is 15.9. The van der Waals surface area contributed by atoms with Crippen LogP contribution >= 0.6 is 11.3 Å². The zero-order valence-electron chi connectivity index (χ0n) is 17.9. The van der Waals surface area contributed by atoms with Gasteiger partial charge in [0.2, 0.25) is 0 Å². The van der Waals surface area contributed by atoms with Gasteiger partial charge in [-0.1, -0.05) is 48.1 Å². The van der Waals surface area contributed by atoms with E-state index in [9.17, 15) is 23.5 Å². The fourth-order valence-corrected chi connectivity index (χ4v) is 5.33. The lowest BCUT2D eigenvalue weighted by molar-refractivity contribution is -0.142. The summed E-state index contributed by atoms with van der Waals surface area (Å²) in [6.45, 7) is 0. The maximum atomic E-state index is 14.8. The maximum Gasteiger partial charge on any atom is 0.307 e. The van der Waals surface area contributed by atoms with Crippen molar-refractivity contribution in [2.24, 2.45) is 11.8 Å². The van der Waals surface area contributed by atoms with Crippen molar-refractivity contribution in [2.75, 3.05) is 5.32 Å². The molecule has 1 unspecified atom stereocenters. The minimum absolute atomic E-state index is 0.155. The molecule has 0 saturated heterocycles. The summed E-state index contributed by atoms with van der Waals surface area (Å²) in [5.74, 6) is -3.05. The van der Waals surface area contributed by atoms with Crippen molar-refractivity contribution in [1.82, 2.24) is 4.98 Å². The van der Waals surface area contributed by atoms with Crippen LogP contribution in [0.5, 0.6) is 0 Å². The summed E-state index contributed by atoms with van der Waals surface area (Å²) < 4.78 is 29.0. The molecule has 1 aliphatic carbocycles. The Balaban J connectivity index is 1.32. The summed E-state index contributed by atoms with van der Waals surface area (Å²) >= 11 is 1.30. The van der Waals surface area contributed by atoms with E-state index < -0.39 is 23.6 Å². The van der Waals surface area contributed by atoms with Gasteiger partial charge in [0.1, 0.15) is 11.6 Å². The van der Waals surface area contributed by atoms with Gasteiger partial charge in [0.25, 0.3) is 0 Å². The van der Waals surface area contributed by atoms with Crippen LogP contribution in [-0.2, 0) is 4.79 Å². The van der Waals surface area contributed by atoms with Gasteiger partial charge in [0.05, 0.1) is 21.8 Å². The lowest BCUT2D eigenvalue weighted by Gasteiger charge is -2.15. The molecule has 1 fully saturated rings. The molecule has 2 N–H and O–H groups in total. The van der Waals surface area contributed by atoms with Crippen LogP contribution < -0.4 is 5.32 Å². The van der Waals surface area contributed by atoms with E-state index in [2.05, 4.69) is 10.3 Å². The van der Waals surface area contributed by atoms with Gasteiger partial charge < -0.3 is 10.4 Å². The first-order valence-electron chi connectivity index (χ1n) is 10.9. The molecule has 172 valence electrons. The predicted molar refractivity (Wildman–Crippen MR) is 127 cm³/mol. The van der Waals surface area contributed by atoms with Crippen LogP contribution in [0.25, 0.3) is 21.3 Å². The second-order valence-electron chi connectivity index (χ2n) is 8.37. The third kappa shape index (κ3) is 4.28. The molecule has 1 saturated carbocycles. The molecular weight excluding hydrogens is 458 g/mol. The predicted octanol–water partition coefficient (Wildman–Crippen LogP) is 6.67. The number of hydrogen-bond acceptors (Lipinski definition) is 5. The Labute approximate surface area is 198 Å². The average molecular weight is 479 g/mol. The van der Waals surface area contributed by atoms with Crippen LogP contribution in [0.15, 0.2) is 60.7 Å². The Morgan fingerprint density at radius 1 is 0.941 bits per heavy atom. The number of hydrogen-bond donors (Lipinski definition) is 2. The number of carbonyl (C=O) groups is 2. The molecule has 5 rings (SSSR count). The highest BCUT2D eigenvalue weighted by molar-refractivity contribution is 7.22. The molecule has 8 heteroatoms. The number of Topliss-reactive ketones (excluding diaryl/α,β-unsaturated/α-hetero) is 1. The van der Waals surface area contributed by atoms with Gasteiger partial charge in [-0.2, -0.15) is 0 Å². The highest BCUT2D eigenvalue weighted by Gasteiger charge is 2.37. The van der Waals surface area contributed by atoms with E-state index >= 15 is 0 Å². The number of rotatable bonds is 6. The Kier molecular flexibility index (Phi) is 5.83. The highest BCUT2D eigenvalue weighted by Crippen LogP contribution is 2.35. The minimum Gasteiger partial charge on any atom is -0.481 e. The maximum absolute atomic E-state index is 14.8. The number of aliphatic carboxylic acids is 1. The number of aromatic nitrogens is 1. The Morgan fingerprint density at radius 2 is 1.68 bits per heavy atom. The molecule has 0 bridgehead atoms. The van der Waals surface area contributed by atoms with Crippen molar-refractivity contribution in [1.29, 1.82) is 0 Å². The molecular formula is C26H20F2N2O3S. The van der Waals surface area contributed by atoms with Gasteiger partial charge in [-0.25, -0.2) is 13.8 Å². The molecule has 0 radical (unpaired) electrons. The van der Waals surface area contributed by atoms with E-state index in [-0.39, 0.29) is 17.3 Å². The second kappa shape index (κ2) is 8.95. The quantitative estimate of drug-likeness (QED) is 0.303. The molecule has 0 spiro atoms. The number of carbonyl (C=O) groups excluding carboxylic acids is 1. The van der Waals surface area contributed by atoms with Crippen molar-refractivity contribution in [3.8, 4) is 11.1 Å². The number of carboxylic acids is 1. The topological polar surface area (TPSA) is 79.3 Å². The molecule has 2 atom stereocenters. The molecule has 1 aliphatic rings. The molecule has 34 heavy (non-hydrogen) atoms. The Morgan fingerprint density at radius 3 is 2.41 bits per heavy atom. The van der Waals surface area contributed by atoms with Crippen LogP contribution in [0.1, 0.15) is 29.6 Å². The van der Waals surface area contributed by atoms with E-state index in [0.29, 0.717) is 34.6 Å². The van der Waals surface area contributed by atoms with Crippen LogP contribution in [-0.4, -0.2) is 21.8 Å². The van der Waals surface area contributed by atoms with Crippen molar-refractivity contribution < 1.29 is 23.5 Å². The number of benzene rings is 3. The van der Waals surface area contributed by atoms with Crippen molar-refractivity contribution in [3.05, 3.63) is 77.9 Å². The first-order valence-corrected chi connectivity index (χ1v) is 11.7. The second-order valence-corrected chi connectivity index (χ2v) is 9.41. The zero-order valence-corrected chi connectivity index (χ0v) is 18.7. The smallest absolute Gasteiger partial charge is 0.307 e. The molecule has 0 aliphatic heterocycles. The summed E-state index contributed by atoms with van der Waals surface area (Å²) in [7, 11) is 0. The third-order valence-electron chi connectivity index (χ3n) is 6.23. The lowest BCUT2D eigenvalue weighted by Crippen LogP contribution is -2.25. The molecule has 4 aromatic rings. The number of ketones is 1. The number of carboxylic acid groups (broad SMARTS) is 1. The van der Waals surface area contributed by atoms with Crippen LogP contribution in [0.3, 0.4) is 0 Å². The van der Waals surface area contributed by atoms with Crippen molar-refractivity contribution in [2.45, 2.75) is 19.3 Å². The molecule has 1 aromatic heterocycles. The van der Waals surface area contributed by atoms with Crippen LogP contribution in [0, 0.1) is 23.5 Å². The summed E-state index contributed by atoms with van der Waals surface area (Å²) in [5.41, 5.74) is 2.59. The van der Waals surface area contributed by atoms with E-state index in [0.717, 1.165) is 16.7 Å². The lowest BCUT2D eigenvalue weighted by atomic mass is 9.88. The van der Waals surface area contributed by atoms with Crippen molar-refractivity contribution >= 4 is 44.1 Å².